The van der Waals surface area contributed by atoms with Crippen LogP contribution in [0.1, 0.15) is 12.5 Å². The van der Waals surface area contributed by atoms with Crippen molar-refractivity contribution in [2.75, 3.05) is 33.3 Å². The largest absolute Gasteiger partial charge is 0.496 e. The summed E-state index contributed by atoms with van der Waals surface area (Å²) in [5.74, 6) is 0.398. The Bertz CT molecular complexity index is 637. The Kier molecular flexibility index (Phi) is 5.55. The van der Waals surface area contributed by atoms with E-state index >= 15 is 0 Å². The minimum atomic E-state index is -0.240. The summed E-state index contributed by atoms with van der Waals surface area (Å²) in [6, 6.07) is 7.67. The number of likely N-dealkylation sites (tertiary alicyclic amines) is 1. The van der Waals surface area contributed by atoms with Crippen LogP contribution in [-0.2, 0) is 16.0 Å². The summed E-state index contributed by atoms with van der Waals surface area (Å²) < 4.78 is 5.34. The average molecular weight is 346 g/mol. The zero-order valence-corrected chi connectivity index (χ0v) is 14.7. The fourth-order valence-electron chi connectivity index (χ4n) is 3.70. The third kappa shape index (κ3) is 3.77. The second-order valence-electron chi connectivity index (χ2n) is 6.58. The third-order valence-electron chi connectivity index (χ3n) is 5.15. The van der Waals surface area contributed by atoms with Gasteiger partial charge in [-0.15, -0.1) is 0 Å². The Morgan fingerprint density at radius 3 is 2.92 bits per heavy atom. The molecule has 3 rings (SSSR count). The molecule has 2 saturated heterocycles. The Hall–Kier alpha value is -2.12. The van der Waals surface area contributed by atoms with Gasteiger partial charge < -0.3 is 15.0 Å². The van der Waals surface area contributed by atoms with E-state index in [0.29, 0.717) is 26.1 Å². The molecule has 7 nitrogen and oxygen atoms in total. The molecule has 3 N–H and O–H groups in total. The van der Waals surface area contributed by atoms with Crippen molar-refractivity contribution in [3.05, 3.63) is 29.8 Å². The first kappa shape index (κ1) is 17.7. The fraction of sp³-hybridized carbons (Fsp3) is 0.556. The summed E-state index contributed by atoms with van der Waals surface area (Å²) in [6.45, 7) is 4.80. The molecule has 136 valence electrons. The average Bonchev–Trinajstić information content (AvgIpc) is 3.02. The summed E-state index contributed by atoms with van der Waals surface area (Å²) in [4.78, 5) is 26.8. The molecule has 3 atom stereocenters. The molecule has 0 radical (unpaired) electrons. The van der Waals surface area contributed by atoms with Crippen LogP contribution in [0.3, 0.4) is 0 Å². The number of ether oxygens (including phenoxy) is 1. The van der Waals surface area contributed by atoms with Crippen molar-refractivity contribution in [3.63, 3.8) is 0 Å². The van der Waals surface area contributed by atoms with Crippen LogP contribution in [0.25, 0.3) is 0 Å². The van der Waals surface area contributed by atoms with E-state index < -0.39 is 0 Å². The molecule has 2 aliphatic rings. The zero-order chi connectivity index (χ0) is 17.8. The fourth-order valence-corrected chi connectivity index (χ4v) is 3.70. The minimum absolute atomic E-state index is 0.00736. The first-order chi connectivity index (χ1) is 12.1. The van der Waals surface area contributed by atoms with Gasteiger partial charge in [-0.25, -0.2) is 5.43 Å². The van der Waals surface area contributed by atoms with Crippen molar-refractivity contribution < 1.29 is 14.3 Å². The van der Waals surface area contributed by atoms with Gasteiger partial charge in [0.15, 0.2) is 0 Å². The van der Waals surface area contributed by atoms with E-state index in [-0.39, 0.29) is 29.7 Å². The summed E-state index contributed by atoms with van der Waals surface area (Å²) in [5.41, 5.74) is 6.75. The molecule has 7 heteroatoms. The highest BCUT2D eigenvalue weighted by Gasteiger charge is 2.46. The number of methoxy groups -OCH3 is 1. The van der Waals surface area contributed by atoms with Gasteiger partial charge >= 0.3 is 0 Å². The maximum Gasteiger partial charge on any atom is 0.240 e. The van der Waals surface area contributed by atoms with Crippen LogP contribution in [0, 0.1) is 11.8 Å². The lowest BCUT2D eigenvalue weighted by Gasteiger charge is -2.37. The highest BCUT2D eigenvalue weighted by atomic mass is 16.5. The van der Waals surface area contributed by atoms with Gasteiger partial charge in [-0.3, -0.25) is 15.0 Å². The summed E-state index contributed by atoms with van der Waals surface area (Å²) in [5, 5.41) is 3.02. The number of hydrogen-bond acceptors (Lipinski definition) is 5. The maximum atomic E-state index is 12.7. The van der Waals surface area contributed by atoms with Gasteiger partial charge in [0, 0.05) is 19.6 Å². The molecule has 0 bridgehead atoms. The van der Waals surface area contributed by atoms with Gasteiger partial charge in [0.25, 0.3) is 0 Å². The van der Waals surface area contributed by atoms with Gasteiger partial charge in [0.1, 0.15) is 5.75 Å². The molecule has 1 aromatic carbocycles. The van der Waals surface area contributed by atoms with E-state index in [0.717, 1.165) is 17.9 Å². The van der Waals surface area contributed by atoms with Crippen molar-refractivity contribution in [2.24, 2.45) is 11.8 Å². The highest BCUT2D eigenvalue weighted by Crippen LogP contribution is 2.25. The smallest absolute Gasteiger partial charge is 0.240 e. The Morgan fingerprint density at radius 2 is 2.16 bits per heavy atom. The number of carbonyl (C=O) groups excluding carboxylic acids is 2. The minimum Gasteiger partial charge on any atom is -0.496 e. The first-order valence-electron chi connectivity index (χ1n) is 8.81. The van der Waals surface area contributed by atoms with Crippen molar-refractivity contribution in [2.45, 2.75) is 19.4 Å². The monoisotopic (exact) mass is 346 g/mol. The van der Waals surface area contributed by atoms with Crippen LogP contribution in [0.2, 0.25) is 0 Å². The molecule has 3 unspecified atom stereocenters. The molecule has 2 aliphatic heterocycles. The van der Waals surface area contributed by atoms with E-state index in [2.05, 4.69) is 28.0 Å². The number of carbonyl (C=O) groups is 2. The molecule has 1 aromatic rings. The molecular weight excluding hydrogens is 320 g/mol. The van der Waals surface area contributed by atoms with E-state index in [1.807, 2.05) is 24.3 Å². The van der Waals surface area contributed by atoms with Gasteiger partial charge in [-0.05, 0) is 24.6 Å². The van der Waals surface area contributed by atoms with Gasteiger partial charge in [0.2, 0.25) is 11.8 Å². The number of benzene rings is 1. The number of hydrogen-bond donors (Lipinski definition) is 3. The second kappa shape index (κ2) is 7.84. The van der Waals surface area contributed by atoms with Crippen molar-refractivity contribution in [1.29, 1.82) is 0 Å². The quantitative estimate of drug-likeness (QED) is 0.671. The van der Waals surface area contributed by atoms with Crippen LogP contribution in [0.15, 0.2) is 24.3 Å². The summed E-state index contributed by atoms with van der Waals surface area (Å²) >= 11 is 0. The van der Waals surface area contributed by atoms with E-state index in [1.54, 1.807) is 7.11 Å². The molecule has 0 aromatic heterocycles. The number of nitrogens with zero attached hydrogens (tertiary/aromatic N) is 1. The number of fused-ring (bicyclic) bond motifs is 1. The predicted octanol–water partition coefficient (Wildman–Crippen LogP) is -0.0752. The van der Waals surface area contributed by atoms with Gasteiger partial charge in [-0.1, -0.05) is 25.1 Å². The molecule has 2 fully saturated rings. The molecular formula is C18H26N4O3. The van der Waals surface area contributed by atoms with E-state index in [9.17, 15) is 9.59 Å². The highest BCUT2D eigenvalue weighted by molar-refractivity contribution is 5.86. The topological polar surface area (TPSA) is 82.7 Å². The number of hydrazine groups is 1. The molecule has 2 amide bonds. The lowest BCUT2D eigenvalue weighted by atomic mass is 9.84. The Morgan fingerprint density at radius 1 is 1.36 bits per heavy atom. The number of para-hydroxylation sites is 1. The van der Waals surface area contributed by atoms with E-state index in [1.165, 1.54) is 0 Å². The van der Waals surface area contributed by atoms with Crippen molar-refractivity contribution >= 4 is 11.8 Å². The van der Waals surface area contributed by atoms with Crippen LogP contribution in [-0.4, -0.2) is 56.0 Å². The molecule has 25 heavy (non-hydrogen) atoms. The molecule has 2 heterocycles. The Labute approximate surface area is 148 Å². The van der Waals surface area contributed by atoms with Crippen LogP contribution in [0.4, 0.5) is 0 Å². The number of rotatable bonds is 6. The third-order valence-corrected chi connectivity index (χ3v) is 5.15. The number of nitrogens with one attached hydrogen (secondary N) is 3. The normalized spacial score (nSPS) is 26.0. The maximum absolute atomic E-state index is 12.7. The van der Waals surface area contributed by atoms with Crippen molar-refractivity contribution in [3.8, 4) is 5.75 Å². The predicted molar refractivity (Wildman–Crippen MR) is 93.9 cm³/mol. The standard InChI is InChI=1S/C18H26N4O3/c1-3-22-10-13(16-14(11-22)18(24)21-20-16)17(23)19-9-8-12-6-4-5-7-15(12)25-2/h4-7,13-14,16,20H,3,8-11H2,1-2H3,(H,19,23)(H,21,24). The number of piperidine rings is 1. The van der Waals surface area contributed by atoms with Crippen LogP contribution in [0.5, 0.6) is 5.75 Å². The van der Waals surface area contributed by atoms with Crippen LogP contribution >= 0.6 is 0 Å². The molecule has 0 aliphatic carbocycles. The lowest BCUT2D eigenvalue weighted by molar-refractivity contribution is -0.129. The van der Waals surface area contributed by atoms with E-state index in [4.69, 9.17) is 4.74 Å². The second-order valence-corrected chi connectivity index (χ2v) is 6.58. The van der Waals surface area contributed by atoms with Crippen molar-refractivity contribution in [1.82, 2.24) is 21.1 Å². The first-order valence-corrected chi connectivity index (χ1v) is 8.81. The molecule has 0 spiro atoms. The summed E-state index contributed by atoms with van der Waals surface area (Å²) in [7, 11) is 1.65. The van der Waals surface area contributed by atoms with Crippen LogP contribution < -0.4 is 20.9 Å². The summed E-state index contributed by atoms with van der Waals surface area (Å²) in [6.07, 6.45) is 0.707. The van der Waals surface area contributed by atoms with Gasteiger partial charge in [-0.2, -0.15) is 0 Å². The lowest BCUT2D eigenvalue weighted by Crippen LogP contribution is -2.57. The Balaban J connectivity index is 1.59. The zero-order valence-electron chi connectivity index (χ0n) is 14.7. The number of amides is 2. The SMILES string of the molecule is CCN1CC(C(=O)NCCc2ccccc2OC)C2NNC(=O)C2C1. The van der Waals surface area contributed by atoms with Gasteiger partial charge in [0.05, 0.1) is 25.0 Å². The molecule has 0 saturated carbocycles.